The highest BCUT2D eigenvalue weighted by atomic mass is 79.9. The topological polar surface area (TPSA) is 119 Å². The smallest absolute Gasteiger partial charge is 0.372 e. The van der Waals surface area contributed by atoms with Crippen LogP contribution in [0.4, 0.5) is 5.82 Å². The van der Waals surface area contributed by atoms with Gasteiger partial charge in [-0.2, -0.15) is 9.61 Å². The lowest BCUT2D eigenvalue weighted by molar-refractivity contribution is -0.151. The SMILES string of the molecule is C[Si](C)(C)CCOCN(COCC[Si](C)(C)C)c1c(Br)c(C2CCC(C(=O)C(=O)O)CC2)nc2c(-c3ccc(-c4ccccc4)nc3)cnn12. The Hall–Kier alpha value is -3.24. The van der Waals surface area contributed by atoms with Gasteiger partial charge in [-0.3, -0.25) is 9.78 Å². The van der Waals surface area contributed by atoms with Crippen molar-refractivity contribution < 1.29 is 24.2 Å². The van der Waals surface area contributed by atoms with Crippen LogP contribution in [-0.2, 0) is 19.1 Å². The number of ether oxygens (including phenoxy) is 2. The van der Waals surface area contributed by atoms with Crippen molar-refractivity contribution in [1.29, 1.82) is 0 Å². The number of aromatic nitrogens is 4. The Bertz CT molecular complexity index is 1740. The van der Waals surface area contributed by atoms with Gasteiger partial charge in [-0.1, -0.05) is 75.7 Å². The zero-order valence-corrected chi connectivity index (χ0v) is 33.7. The number of carbonyl (C=O) groups is 2. The molecule has 10 nitrogen and oxygen atoms in total. The number of pyridine rings is 1. The molecule has 0 atom stereocenters. The average Bonchev–Trinajstić information content (AvgIpc) is 3.50. The highest BCUT2D eigenvalue weighted by Gasteiger charge is 2.34. The molecule has 0 saturated heterocycles. The molecule has 13 heteroatoms. The number of carboxylic acids is 1. The molecule has 1 saturated carbocycles. The van der Waals surface area contributed by atoms with E-state index in [0.29, 0.717) is 58.0 Å². The first-order valence-electron chi connectivity index (χ1n) is 17.5. The monoisotopic (exact) mass is 779 g/mol. The molecule has 3 heterocycles. The second-order valence-corrected chi connectivity index (χ2v) is 27.7. The summed E-state index contributed by atoms with van der Waals surface area (Å²) in [5.41, 5.74) is 5.21. The van der Waals surface area contributed by atoms with Crippen LogP contribution in [0.15, 0.2) is 59.3 Å². The van der Waals surface area contributed by atoms with Crippen LogP contribution < -0.4 is 4.90 Å². The van der Waals surface area contributed by atoms with Crippen molar-refractivity contribution in [3.63, 3.8) is 0 Å². The number of benzene rings is 1. The molecule has 0 unspecified atom stereocenters. The highest BCUT2D eigenvalue weighted by molar-refractivity contribution is 9.10. The summed E-state index contributed by atoms with van der Waals surface area (Å²) in [4.78, 5) is 35.9. The second-order valence-electron chi connectivity index (χ2n) is 15.7. The third-order valence-corrected chi connectivity index (χ3v) is 13.4. The minimum Gasteiger partial charge on any atom is -0.475 e. The Kier molecular flexibility index (Phi) is 12.5. The molecule has 0 amide bonds. The minimum atomic E-state index is -1.36. The molecule has 3 aromatic heterocycles. The molecule has 1 aliphatic rings. The van der Waals surface area contributed by atoms with E-state index in [1.807, 2.05) is 53.3 Å². The molecular weight excluding hydrogens is 731 g/mol. The van der Waals surface area contributed by atoms with Gasteiger partial charge in [-0.15, -0.1) is 0 Å². The fourth-order valence-electron chi connectivity index (χ4n) is 6.12. The molecule has 268 valence electrons. The van der Waals surface area contributed by atoms with E-state index in [0.717, 1.165) is 50.5 Å². The van der Waals surface area contributed by atoms with Crippen molar-refractivity contribution in [2.45, 2.75) is 83.0 Å². The molecule has 0 radical (unpaired) electrons. The molecule has 50 heavy (non-hydrogen) atoms. The number of hydrogen-bond acceptors (Lipinski definition) is 8. The van der Waals surface area contributed by atoms with E-state index in [1.165, 1.54) is 0 Å². The first kappa shape index (κ1) is 38.0. The van der Waals surface area contributed by atoms with Crippen molar-refractivity contribution in [2.24, 2.45) is 5.92 Å². The number of rotatable bonds is 16. The lowest BCUT2D eigenvalue weighted by Gasteiger charge is -2.30. The first-order chi connectivity index (χ1) is 23.7. The van der Waals surface area contributed by atoms with Crippen LogP contribution in [0.5, 0.6) is 0 Å². The van der Waals surface area contributed by atoms with Gasteiger partial charge in [-0.25, -0.2) is 9.78 Å². The third-order valence-electron chi connectivity index (χ3n) is 9.22. The molecule has 1 aromatic carbocycles. The number of nitrogens with zero attached hydrogens (tertiary/aromatic N) is 5. The summed E-state index contributed by atoms with van der Waals surface area (Å²) in [5.74, 6) is -1.72. The van der Waals surface area contributed by atoms with Gasteiger partial charge in [0.1, 0.15) is 13.5 Å². The maximum Gasteiger partial charge on any atom is 0.372 e. The Morgan fingerprint density at radius 3 is 2.04 bits per heavy atom. The van der Waals surface area contributed by atoms with Crippen LogP contribution in [0, 0.1) is 5.92 Å². The Balaban J connectivity index is 1.55. The molecular formula is C37H50BrN5O5Si2. The quantitative estimate of drug-likeness (QED) is 0.0516. The van der Waals surface area contributed by atoms with Crippen LogP contribution in [0.1, 0.15) is 37.3 Å². The third kappa shape index (κ3) is 9.75. The maximum atomic E-state index is 12.3. The maximum absolute atomic E-state index is 12.3. The van der Waals surface area contributed by atoms with E-state index in [2.05, 4.69) is 66.2 Å². The fraction of sp³-hybridized carbons (Fsp3) is 0.486. The van der Waals surface area contributed by atoms with Gasteiger partial charge < -0.3 is 19.5 Å². The second kappa shape index (κ2) is 16.4. The number of Topliss-reactive ketones (excluding diaryl/α,β-unsaturated/α-hetero) is 1. The van der Waals surface area contributed by atoms with Crippen LogP contribution in [-0.4, -0.2) is 79.3 Å². The summed E-state index contributed by atoms with van der Waals surface area (Å²) in [6.45, 7) is 16.0. The van der Waals surface area contributed by atoms with Gasteiger partial charge in [0, 0.05) is 64.1 Å². The fourth-order valence-corrected chi connectivity index (χ4v) is 8.47. The average molecular weight is 781 g/mol. The Morgan fingerprint density at radius 2 is 1.50 bits per heavy atom. The Morgan fingerprint density at radius 1 is 0.880 bits per heavy atom. The van der Waals surface area contributed by atoms with Gasteiger partial charge >= 0.3 is 5.97 Å². The number of carbonyl (C=O) groups excluding carboxylic acids is 1. The lowest BCUT2D eigenvalue weighted by atomic mass is 9.78. The molecule has 1 N–H and O–H groups in total. The molecule has 1 fully saturated rings. The number of ketones is 1. The molecule has 5 rings (SSSR count). The predicted octanol–water partition coefficient (Wildman–Crippen LogP) is 8.58. The van der Waals surface area contributed by atoms with Crippen LogP contribution in [0.2, 0.25) is 51.4 Å². The van der Waals surface area contributed by atoms with E-state index in [4.69, 9.17) is 24.5 Å². The van der Waals surface area contributed by atoms with E-state index >= 15 is 0 Å². The molecule has 0 aliphatic heterocycles. The van der Waals surface area contributed by atoms with E-state index in [9.17, 15) is 14.7 Å². The van der Waals surface area contributed by atoms with Gasteiger partial charge in [0.25, 0.3) is 0 Å². The number of carboxylic acid groups (broad SMARTS) is 1. The van der Waals surface area contributed by atoms with Crippen molar-refractivity contribution in [3.8, 4) is 22.4 Å². The van der Waals surface area contributed by atoms with Gasteiger partial charge in [0.15, 0.2) is 11.5 Å². The van der Waals surface area contributed by atoms with Crippen molar-refractivity contribution in [2.75, 3.05) is 31.6 Å². The van der Waals surface area contributed by atoms with Crippen molar-refractivity contribution >= 4 is 55.3 Å². The number of hydrogen-bond donors (Lipinski definition) is 1. The highest BCUT2D eigenvalue weighted by Crippen LogP contribution is 2.42. The van der Waals surface area contributed by atoms with Crippen molar-refractivity contribution in [3.05, 3.63) is 65.0 Å². The van der Waals surface area contributed by atoms with Gasteiger partial charge in [0.2, 0.25) is 5.78 Å². The normalized spacial score (nSPS) is 16.9. The standard InChI is InChI=1S/C37H50BrN5O5Si2/c1-49(2,3)20-18-47-24-42(25-48-19-21-50(4,5)6)36-32(38)33(27-12-14-28(15-13-27)34(44)37(45)46)41-35-30(23-40-43(35)36)29-16-17-31(39-22-29)26-10-8-7-9-11-26/h7-11,16-17,22-23,27-28H,12-15,18-21,24-25H2,1-6H3,(H,45,46). The summed E-state index contributed by atoms with van der Waals surface area (Å²) in [7, 11) is -2.60. The van der Waals surface area contributed by atoms with Gasteiger partial charge in [-0.05, 0) is 59.8 Å². The predicted molar refractivity (Wildman–Crippen MR) is 207 cm³/mol. The van der Waals surface area contributed by atoms with Gasteiger partial charge in [0.05, 0.1) is 22.1 Å². The summed E-state index contributed by atoms with van der Waals surface area (Å²) in [6, 6.07) is 16.2. The molecule has 0 spiro atoms. The summed E-state index contributed by atoms with van der Waals surface area (Å²) < 4.78 is 15.3. The summed E-state index contributed by atoms with van der Waals surface area (Å²) in [5, 5.41) is 14.2. The number of aliphatic carboxylic acids is 1. The minimum absolute atomic E-state index is 0.0229. The van der Waals surface area contributed by atoms with Crippen LogP contribution in [0.3, 0.4) is 0 Å². The molecule has 0 bridgehead atoms. The molecule has 1 aliphatic carbocycles. The largest absolute Gasteiger partial charge is 0.475 e. The zero-order chi connectivity index (χ0) is 36.1. The van der Waals surface area contributed by atoms with E-state index in [-0.39, 0.29) is 5.92 Å². The molecule has 4 aromatic rings. The van der Waals surface area contributed by atoms with E-state index in [1.54, 1.807) is 0 Å². The van der Waals surface area contributed by atoms with E-state index < -0.39 is 33.8 Å². The van der Waals surface area contributed by atoms with Crippen molar-refractivity contribution in [1.82, 2.24) is 19.6 Å². The number of fused-ring (bicyclic) bond motifs is 1. The summed E-state index contributed by atoms with van der Waals surface area (Å²) >= 11 is 3.95. The Labute approximate surface area is 305 Å². The van der Waals surface area contributed by atoms with Crippen LogP contribution in [0.25, 0.3) is 28.0 Å². The lowest BCUT2D eigenvalue weighted by Crippen LogP contribution is -2.34. The number of halogens is 1. The first-order valence-corrected chi connectivity index (χ1v) is 25.7. The van der Waals surface area contributed by atoms with Crippen LogP contribution >= 0.6 is 15.9 Å². The zero-order valence-electron chi connectivity index (χ0n) is 30.1. The summed E-state index contributed by atoms with van der Waals surface area (Å²) in [6.07, 6.45) is 6.01. The number of anilines is 1.